The van der Waals surface area contributed by atoms with Gasteiger partial charge in [-0.15, -0.1) is 0 Å². The molecule has 2 rings (SSSR count). The van der Waals surface area contributed by atoms with E-state index in [1.54, 1.807) is 11.9 Å². The lowest BCUT2D eigenvalue weighted by molar-refractivity contribution is -0.119. The van der Waals surface area contributed by atoms with Gasteiger partial charge in [0.25, 0.3) is 0 Å². The molecule has 0 heterocycles. The topological polar surface area (TPSA) is 61.4 Å². The molecule has 0 saturated carbocycles. The molecular formula is C23H31N3O2. The fraction of sp³-hybridized carbons (Fsp3) is 0.391. The van der Waals surface area contributed by atoms with Gasteiger partial charge < -0.3 is 10.6 Å². The van der Waals surface area contributed by atoms with E-state index in [9.17, 15) is 9.59 Å². The minimum absolute atomic E-state index is 0.113. The van der Waals surface area contributed by atoms with E-state index in [0.29, 0.717) is 0 Å². The second-order valence-corrected chi connectivity index (χ2v) is 7.17. The summed E-state index contributed by atoms with van der Waals surface area (Å²) < 4.78 is 0. The molecule has 0 fully saturated rings. The van der Waals surface area contributed by atoms with Crippen LogP contribution in [0.4, 0.5) is 11.4 Å². The van der Waals surface area contributed by atoms with Gasteiger partial charge in [-0.3, -0.25) is 14.5 Å². The Morgan fingerprint density at radius 2 is 1.39 bits per heavy atom. The number of likely N-dealkylation sites (N-methyl/N-ethyl adjacent to an activating group) is 1. The molecule has 0 saturated heterocycles. The number of amides is 2. The highest BCUT2D eigenvalue weighted by atomic mass is 16.2. The van der Waals surface area contributed by atoms with Gasteiger partial charge in [-0.05, 0) is 62.1 Å². The van der Waals surface area contributed by atoms with Crippen LogP contribution >= 0.6 is 0 Å². The second-order valence-electron chi connectivity index (χ2n) is 7.17. The Morgan fingerprint density at radius 1 is 0.857 bits per heavy atom. The number of aryl methyl sites for hydroxylation is 3. The SMILES string of the molecule is CCc1cccc(CC)c1NC(=O)CN(C)CC(=O)Nc1cccc(C)c1C. The van der Waals surface area contributed by atoms with Crippen LogP contribution in [0.15, 0.2) is 36.4 Å². The van der Waals surface area contributed by atoms with E-state index in [1.165, 1.54) is 0 Å². The molecule has 0 aromatic heterocycles. The highest BCUT2D eigenvalue weighted by Crippen LogP contribution is 2.22. The van der Waals surface area contributed by atoms with Gasteiger partial charge in [0.15, 0.2) is 0 Å². The Balaban J connectivity index is 1.94. The maximum atomic E-state index is 12.5. The summed E-state index contributed by atoms with van der Waals surface area (Å²) in [5.74, 6) is -0.246. The number of carbonyl (C=O) groups is 2. The molecule has 2 amide bonds. The van der Waals surface area contributed by atoms with Crippen molar-refractivity contribution < 1.29 is 9.59 Å². The van der Waals surface area contributed by atoms with Crippen molar-refractivity contribution in [3.63, 3.8) is 0 Å². The van der Waals surface area contributed by atoms with E-state index in [4.69, 9.17) is 0 Å². The van der Waals surface area contributed by atoms with Crippen molar-refractivity contribution in [1.29, 1.82) is 0 Å². The number of rotatable bonds is 8. The molecule has 0 aliphatic heterocycles. The van der Waals surface area contributed by atoms with Gasteiger partial charge >= 0.3 is 0 Å². The summed E-state index contributed by atoms with van der Waals surface area (Å²) in [7, 11) is 1.77. The zero-order valence-corrected chi connectivity index (χ0v) is 17.6. The van der Waals surface area contributed by atoms with Crippen molar-refractivity contribution >= 4 is 23.2 Å². The van der Waals surface area contributed by atoms with Crippen LogP contribution in [0, 0.1) is 13.8 Å². The predicted molar refractivity (Wildman–Crippen MR) is 116 cm³/mol. The summed E-state index contributed by atoms with van der Waals surface area (Å²) in [5, 5.41) is 5.97. The minimum Gasteiger partial charge on any atom is -0.325 e. The number of benzene rings is 2. The predicted octanol–water partition coefficient (Wildman–Crippen LogP) is 3.94. The monoisotopic (exact) mass is 381 g/mol. The molecule has 0 spiro atoms. The molecule has 0 bridgehead atoms. The van der Waals surface area contributed by atoms with Gasteiger partial charge in [-0.2, -0.15) is 0 Å². The summed E-state index contributed by atoms with van der Waals surface area (Å²) in [6.07, 6.45) is 1.72. The molecule has 5 nitrogen and oxygen atoms in total. The maximum absolute atomic E-state index is 12.5. The van der Waals surface area contributed by atoms with Crippen LogP contribution in [-0.4, -0.2) is 36.9 Å². The van der Waals surface area contributed by atoms with Crippen LogP contribution in [0.5, 0.6) is 0 Å². The average molecular weight is 382 g/mol. The minimum atomic E-state index is -0.132. The number of para-hydroxylation sites is 1. The Labute approximate surface area is 168 Å². The molecule has 0 aliphatic carbocycles. The first-order chi connectivity index (χ1) is 13.3. The van der Waals surface area contributed by atoms with Crippen LogP contribution in [0.25, 0.3) is 0 Å². The van der Waals surface area contributed by atoms with E-state index < -0.39 is 0 Å². The molecule has 150 valence electrons. The normalized spacial score (nSPS) is 10.8. The fourth-order valence-electron chi connectivity index (χ4n) is 3.20. The third kappa shape index (κ3) is 5.67. The van der Waals surface area contributed by atoms with E-state index >= 15 is 0 Å². The number of carbonyl (C=O) groups excluding carboxylic acids is 2. The summed E-state index contributed by atoms with van der Waals surface area (Å²) >= 11 is 0. The zero-order valence-electron chi connectivity index (χ0n) is 17.6. The number of nitrogens with zero attached hydrogens (tertiary/aromatic N) is 1. The van der Waals surface area contributed by atoms with Crippen molar-refractivity contribution in [1.82, 2.24) is 4.90 Å². The van der Waals surface area contributed by atoms with Crippen LogP contribution in [0.3, 0.4) is 0 Å². The van der Waals surface area contributed by atoms with Crippen molar-refractivity contribution in [2.75, 3.05) is 30.8 Å². The molecule has 2 aromatic carbocycles. The standard InChI is InChI=1S/C23H31N3O2/c1-6-18-11-9-12-19(7-2)23(18)25-22(28)15-26(5)14-21(27)24-20-13-8-10-16(3)17(20)4/h8-13H,6-7,14-15H2,1-5H3,(H,24,27)(H,25,28). The Hall–Kier alpha value is -2.66. The van der Waals surface area contributed by atoms with Gasteiger partial charge in [0.2, 0.25) is 11.8 Å². The smallest absolute Gasteiger partial charge is 0.238 e. The van der Waals surface area contributed by atoms with Crippen molar-refractivity contribution in [2.45, 2.75) is 40.5 Å². The zero-order chi connectivity index (χ0) is 20.7. The molecule has 5 heteroatoms. The molecule has 2 N–H and O–H groups in total. The van der Waals surface area contributed by atoms with Crippen LogP contribution in [-0.2, 0) is 22.4 Å². The number of hydrogen-bond acceptors (Lipinski definition) is 3. The Kier molecular flexibility index (Phi) is 7.76. The van der Waals surface area contributed by atoms with Crippen LogP contribution in [0.2, 0.25) is 0 Å². The summed E-state index contributed by atoms with van der Waals surface area (Å²) in [4.78, 5) is 26.6. The third-order valence-corrected chi connectivity index (χ3v) is 4.97. The number of hydrogen-bond donors (Lipinski definition) is 2. The molecule has 0 radical (unpaired) electrons. The Bertz CT molecular complexity index is 823. The molecule has 0 unspecified atom stereocenters. The first-order valence-electron chi connectivity index (χ1n) is 9.80. The van der Waals surface area contributed by atoms with E-state index in [1.807, 2.05) is 50.2 Å². The highest BCUT2D eigenvalue weighted by Gasteiger charge is 2.14. The van der Waals surface area contributed by atoms with Crippen molar-refractivity contribution in [3.8, 4) is 0 Å². The largest absolute Gasteiger partial charge is 0.325 e. The number of nitrogens with one attached hydrogen (secondary N) is 2. The molecule has 2 aromatic rings. The second kappa shape index (κ2) is 10.0. The van der Waals surface area contributed by atoms with E-state index in [2.05, 4.69) is 24.5 Å². The first kappa shape index (κ1) is 21.6. The first-order valence-corrected chi connectivity index (χ1v) is 9.80. The van der Waals surface area contributed by atoms with Crippen molar-refractivity contribution in [2.24, 2.45) is 0 Å². The van der Waals surface area contributed by atoms with Gasteiger partial charge in [0.05, 0.1) is 13.1 Å². The molecular weight excluding hydrogens is 350 g/mol. The van der Waals surface area contributed by atoms with Gasteiger partial charge in [-0.25, -0.2) is 0 Å². The number of anilines is 2. The van der Waals surface area contributed by atoms with Gasteiger partial charge in [0.1, 0.15) is 0 Å². The van der Waals surface area contributed by atoms with Crippen LogP contribution < -0.4 is 10.6 Å². The van der Waals surface area contributed by atoms with Gasteiger partial charge in [-0.1, -0.05) is 44.2 Å². The maximum Gasteiger partial charge on any atom is 0.238 e. The Morgan fingerprint density at radius 3 is 1.96 bits per heavy atom. The fourth-order valence-corrected chi connectivity index (χ4v) is 3.20. The molecule has 0 atom stereocenters. The van der Waals surface area contributed by atoms with E-state index in [-0.39, 0.29) is 24.9 Å². The lowest BCUT2D eigenvalue weighted by Gasteiger charge is -2.19. The highest BCUT2D eigenvalue weighted by molar-refractivity contribution is 5.95. The lowest BCUT2D eigenvalue weighted by atomic mass is 10.0. The average Bonchev–Trinajstić information content (AvgIpc) is 2.65. The lowest BCUT2D eigenvalue weighted by Crippen LogP contribution is -2.36. The van der Waals surface area contributed by atoms with Crippen molar-refractivity contribution in [3.05, 3.63) is 58.7 Å². The summed E-state index contributed by atoms with van der Waals surface area (Å²) in [6.45, 7) is 8.46. The van der Waals surface area contributed by atoms with Gasteiger partial charge in [0, 0.05) is 11.4 Å². The summed E-state index contributed by atoms with van der Waals surface area (Å²) in [6, 6.07) is 11.9. The third-order valence-electron chi connectivity index (χ3n) is 4.97. The summed E-state index contributed by atoms with van der Waals surface area (Å²) in [5.41, 5.74) is 6.16. The molecule has 28 heavy (non-hydrogen) atoms. The van der Waals surface area contributed by atoms with E-state index in [0.717, 1.165) is 46.5 Å². The quantitative estimate of drug-likeness (QED) is 0.728. The molecule has 0 aliphatic rings. The van der Waals surface area contributed by atoms with Crippen LogP contribution in [0.1, 0.15) is 36.1 Å².